The maximum atomic E-state index is 13.9. The number of benzene rings is 2. The highest BCUT2D eigenvalue weighted by Crippen LogP contribution is 2.49. The summed E-state index contributed by atoms with van der Waals surface area (Å²) in [5, 5.41) is 2.85. The molecule has 2 aromatic rings. The lowest BCUT2D eigenvalue weighted by Gasteiger charge is -2.43. The van der Waals surface area contributed by atoms with Crippen LogP contribution in [0.25, 0.3) is 0 Å². The zero-order valence-electron chi connectivity index (χ0n) is 22.0. The standard InChI is InChI=1S/C29H38N4O4/c1-28(2,30)26(35)31-24(15-18-37-22-13-8-5-9-14-22)25(34)33-17-10-16-29(20-33)23(19-32(3)27(29)36)21-11-6-4-7-12-21/h4-9,11-14,23-24H,10,15-20,30H2,1-3H3,(H,31,35)/t23-,24+,29-/m0/s1. The Morgan fingerprint density at radius 2 is 1.78 bits per heavy atom. The smallest absolute Gasteiger partial charge is 0.245 e. The van der Waals surface area contributed by atoms with Crippen molar-refractivity contribution in [3.63, 3.8) is 0 Å². The second-order valence-corrected chi connectivity index (χ2v) is 10.9. The minimum absolute atomic E-state index is 0.000713. The number of piperidine rings is 1. The Kier molecular flexibility index (Phi) is 7.87. The van der Waals surface area contributed by atoms with Crippen LogP contribution < -0.4 is 15.8 Å². The molecule has 37 heavy (non-hydrogen) atoms. The van der Waals surface area contributed by atoms with Gasteiger partial charge < -0.3 is 25.6 Å². The van der Waals surface area contributed by atoms with Gasteiger partial charge in [-0.05, 0) is 44.4 Å². The number of likely N-dealkylation sites (tertiary alicyclic amines) is 2. The molecule has 0 bridgehead atoms. The normalized spacial score (nSPS) is 22.7. The third kappa shape index (κ3) is 5.80. The van der Waals surface area contributed by atoms with E-state index in [4.69, 9.17) is 10.5 Å². The summed E-state index contributed by atoms with van der Waals surface area (Å²) in [5.41, 5.74) is 5.32. The van der Waals surface area contributed by atoms with Crippen molar-refractivity contribution in [2.45, 2.75) is 50.6 Å². The summed E-state index contributed by atoms with van der Waals surface area (Å²) >= 11 is 0. The predicted octanol–water partition coefficient (Wildman–Crippen LogP) is 2.54. The van der Waals surface area contributed by atoms with Gasteiger partial charge in [0.25, 0.3) is 0 Å². The minimum atomic E-state index is -1.13. The fraction of sp³-hybridized carbons (Fsp3) is 0.483. The molecule has 0 radical (unpaired) electrons. The van der Waals surface area contributed by atoms with Gasteiger partial charge in [0.2, 0.25) is 17.7 Å². The number of nitrogens with zero attached hydrogens (tertiary/aromatic N) is 2. The van der Waals surface area contributed by atoms with Crippen LogP contribution in [-0.4, -0.2) is 72.4 Å². The first-order valence-corrected chi connectivity index (χ1v) is 13.0. The van der Waals surface area contributed by atoms with Crippen molar-refractivity contribution in [1.82, 2.24) is 15.1 Å². The SMILES string of the molecule is CN1C[C@@H](c2ccccc2)[C@@]2(CCCN(C(=O)[C@@H](CCOc3ccccc3)NC(=O)C(C)(C)N)C2)C1=O. The average Bonchev–Trinajstić information content (AvgIpc) is 3.13. The van der Waals surface area contributed by atoms with Crippen LogP contribution in [0.2, 0.25) is 0 Å². The zero-order valence-corrected chi connectivity index (χ0v) is 22.0. The topological polar surface area (TPSA) is 105 Å². The van der Waals surface area contributed by atoms with E-state index in [2.05, 4.69) is 17.4 Å². The average molecular weight is 507 g/mol. The largest absolute Gasteiger partial charge is 0.494 e. The molecule has 2 heterocycles. The van der Waals surface area contributed by atoms with E-state index in [1.54, 1.807) is 23.6 Å². The molecule has 8 nitrogen and oxygen atoms in total. The summed E-state index contributed by atoms with van der Waals surface area (Å²) in [7, 11) is 1.83. The summed E-state index contributed by atoms with van der Waals surface area (Å²) in [4.78, 5) is 43.7. The van der Waals surface area contributed by atoms with Crippen LogP contribution >= 0.6 is 0 Å². The molecule has 0 saturated carbocycles. The van der Waals surface area contributed by atoms with Crippen LogP contribution in [0.15, 0.2) is 60.7 Å². The number of carbonyl (C=O) groups is 3. The molecule has 3 atom stereocenters. The quantitative estimate of drug-likeness (QED) is 0.573. The fourth-order valence-electron chi connectivity index (χ4n) is 5.53. The van der Waals surface area contributed by atoms with Crippen LogP contribution in [0.4, 0.5) is 0 Å². The molecule has 3 N–H and O–H groups in total. The minimum Gasteiger partial charge on any atom is -0.494 e. The van der Waals surface area contributed by atoms with Crippen molar-refractivity contribution in [3.05, 3.63) is 66.2 Å². The number of rotatable bonds is 8. The lowest BCUT2D eigenvalue weighted by molar-refractivity contribution is -0.146. The third-order valence-electron chi connectivity index (χ3n) is 7.54. The number of para-hydroxylation sites is 1. The Bertz CT molecular complexity index is 1100. The van der Waals surface area contributed by atoms with Crippen LogP contribution in [0, 0.1) is 5.41 Å². The van der Waals surface area contributed by atoms with Crippen LogP contribution in [0.5, 0.6) is 5.75 Å². The zero-order chi connectivity index (χ0) is 26.6. The molecular weight excluding hydrogens is 468 g/mol. The molecule has 2 saturated heterocycles. The highest BCUT2D eigenvalue weighted by molar-refractivity contribution is 5.92. The van der Waals surface area contributed by atoms with Gasteiger partial charge in [-0.1, -0.05) is 48.5 Å². The molecule has 2 aliphatic rings. The molecule has 3 amide bonds. The summed E-state index contributed by atoms with van der Waals surface area (Å²) in [5.74, 6) is 0.161. The van der Waals surface area contributed by atoms with Crippen LogP contribution in [0.3, 0.4) is 0 Å². The molecule has 4 rings (SSSR count). The molecular formula is C29H38N4O4. The van der Waals surface area contributed by atoms with Crippen LogP contribution in [-0.2, 0) is 14.4 Å². The first-order chi connectivity index (χ1) is 17.6. The van der Waals surface area contributed by atoms with Crippen molar-refractivity contribution >= 4 is 17.7 Å². The van der Waals surface area contributed by atoms with E-state index < -0.39 is 22.9 Å². The van der Waals surface area contributed by atoms with Gasteiger partial charge in [0.05, 0.1) is 17.6 Å². The van der Waals surface area contributed by atoms with Gasteiger partial charge in [-0.2, -0.15) is 0 Å². The molecule has 0 aliphatic carbocycles. The molecule has 1 spiro atoms. The number of amides is 3. The van der Waals surface area contributed by atoms with Crippen molar-refractivity contribution in [3.8, 4) is 5.75 Å². The van der Waals surface area contributed by atoms with Gasteiger partial charge in [-0.25, -0.2) is 0 Å². The van der Waals surface area contributed by atoms with E-state index in [1.165, 1.54) is 0 Å². The van der Waals surface area contributed by atoms with Gasteiger partial charge in [0.1, 0.15) is 11.8 Å². The first kappa shape index (κ1) is 26.7. The number of ether oxygens (including phenoxy) is 1. The molecule has 2 aromatic carbocycles. The Morgan fingerprint density at radius 3 is 2.43 bits per heavy atom. The van der Waals surface area contributed by atoms with E-state index in [1.807, 2.05) is 55.6 Å². The van der Waals surface area contributed by atoms with Gasteiger partial charge in [0.15, 0.2) is 0 Å². The molecule has 2 fully saturated rings. The molecule has 198 valence electrons. The number of hydrogen-bond acceptors (Lipinski definition) is 5. The maximum absolute atomic E-state index is 13.9. The van der Waals surface area contributed by atoms with Crippen molar-refractivity contribution in [1.29, 1.82) is 0 Å². The van der Waals surface area contributed by atoms with Gasteiger partial charge in [0, 0.05) is 39.0 Å². The third-order valence-corrected chi connectivity index (χ3v) is 7.54. The summed E-state index contributed by atoms with van der Waals surface area (Å²) in [6.07, 6.45) is 1.73. The number of carbonyl (C=O) groups excluding carboxylic acids is 3. The van der Waals surface area contributed by atoms with E-state index in [9.17, 15) is 14.4 Å². The predicted molar refractivity (Wildman–Crippen MR) is 142 cm³/mol. The second kappa shape index (κ2) is 10.9. The lowest BCUT2D eigenvalue weighted by Crippen LogP contribution is -2.59. The Balaban J connectivity index is 1.54. The highest BCUT2D eigenvalue weighted by atomic mass is 16.5. The number of nitrogens with one attached hydrogen (secondary N) is 1. The van der Waals surface area contributed by atoms with Crippen molar-refractivity contribution in [2.75, 3.05) is 33.3 Å². The molecule has 0 aromatic heterocycles. The van der Waals surface area contributed by atoms with Gasteiger partial charge in [-0.3, -0.25) is 14.4 Å². The van der Waals surface area contributed by atoms with E-state index >= 15 is 0 Å². The first-order valence-electron chi connectivity index (χ1n) is 13.0. The van der Waals surface area contributed by atoms with Crippen LogP contribution in [0.1, 0.15) is 44.6 Å². The highest BCUT2D eigenvalue weighted by Gasteiger charge is 2.55. The molecule has 8 heteroatoms. The second-order valence-electron chi connectivity index (χ2n) is 10.9. The van der Waals surface area contributed by atoms with Gasteiger partial charge >= 0.3 is 0 Å². The monoisotopic (exact) mass is 506 g/mol. The number of hydrogen-bond donors (Lipinski definition) is 2. The van der Waals surface area contributed by atoms with Gasteiger partial charge in [-0.15, -0.1) is 0 Å². The summed E-state index contributed by atoms with van der Waals surface area (Å²) in [6.45, 7) is 4.95. The lowest BCUT2D eigenvalue weighted by atomic mass is 9.69. The van der Waals surface area contributed by atoms with Crippen molar-refractivity contribution < 1.29 is 19.1 Å². The Hall–Kier alpha value is -3.39. The molecule has 0 unspecified atom stereocenters. The number of likely N-dealkylation sites (N-methyl/N-ethyl adjacent to an activating group) is 1. The van der Waals surface area contributed by atoms with E-state index in [0.717, 1.165) is 18.4 Å². The number of nitrogens with two attached hydrogens (primary N) is 1. The summed E-state index contributed by atoms with van der Waals surface area (Å²) < 4.78 is 5.83. The van der Waals surface area contributed by atoms with E-state index in [0.29, 0.717) is 25.4 Å². The van der Waals surface area contributed by atoms with E-state index in [-0.39, 0.29) is 30.8 Å². The van der Waals surface area contributed by atoms with Crippen molar-refractivity contribution in [2.24, 2.45) is 11.1 Å². The Labute approximate surface area is 219 Å². The maximum Gasteiger partial charge on any atom is 0.245 e. The Morgan fingerprint density at radius 1 is 1.14 bits per heavy atom. The summed E-state index contributed by atoms with van der Waals surface area (Å²) in [6, 6.07) is 18.6. The fourth-order valence-corrected chi connectivity index (χ4v) is 5.53. The molecule has 2 aliphatic heterocycles.